The van der Waals surface area contributed by atoms with Gasteiger partial charge in [-0.1, -0.05) is 18.2 Å². The number of nitrogens with two attached hydrogens (primary N) is 1. The van der Waals surface area contributed by atoms with Crippen molar-refractivity contribution < 1.29 is 4.79 Å². The lowest BCUT2D eigenvalue weighted by molar-refractivity contribution is 0.0947. The van der Waals surface area contributed by atoms with E-state index in [4.69, 9.17) is 5.73 Å². The van der Waals surface area contributed by atoms with Crippen molar-refractivity contribution in [3.63, 3.8) is 0 Å². The first-order valence-electron chi connectivity index (χ1n) is 8.71. The lowest BCUT2D eigenvalue weighted by Gasteiger charge is -2.36. The third-order valence-electron chi connectivity index (χ3n) is 4.39. The number of hydrogen-bond donors (Lipinski definition) is 2. The lowest BCUT2D eigenvalue weighted by Crippen LogP contribution is -2.47. The van der Waals surface area contributed by atoms with Gasteiger partial charge in [0.2, 0.25) is 0 Å². The number of hydrogen-bond acceptors (Lipinski definition) is 6. The Morgan fingerprint density at radius 1 is 1.20 bits per heavy atom. The molecule has 25 heavy (non-hydrogen) atoms. The fourth-order valence-electron chi connectivity index (χ4n) is 2.97. The van der Waals surface area contributed by atoms with Crippen molar-refractivity contribution in [1.82, 2.24) is 15.2 Å². The van der Waals surface area contributed by atoms with Gasteiger partial charge in [0, 0.05) is 50.3 Å². The van der Waals surface area contributed by atoms with Gasteiger partial charge in [0.15, 0.2) is 0 Å². The molecule has 134 valence electrons. The number of carbonyl (C=O) groups is 1. The third-order valence-corrected chi connectivity index (χ3v) is 5.26. The molecule has 1 aliphatic heterocycles. The molecule has 1 saturated heterocycles. The van der Waals surface area contributed by atoms with Crippen molar-refractivity contribution >= 4 is 22.9 Å². The van der Waals surface area contributed by atoms with E-state index in [9.17, 15) is 4.79 Å². The highest BCUT2D eigenvalue weighted by Gasteiger charge is 2.16. The molecule has 6 nitrogen and oxygen atoms in total. The molecule has 0 atom stereocenters. The smallest absolute Gasteiger partial charge is 0.270 e. The highest BCUT2D eigenvalue weighted by molar-refractivity contribution is 7.09. The Morgan fingerprint density at radius 3 is 2.64 bits per heavy atom. The third kappa shape index (κ3) is 5.01. The number of rotatable bonds is 7. The number of nitrogens with zero attached hydrogens (tertiary/aromatic N) is 3. The van der Waals surface area contributed by atoms with Gasteiger partial charge >= 0.3 is 0 Å². The number of benzene rings is 1. The zero-order chi connectivity index (χ0) is 17.5. The Morgan fingerprint density at radius 2 is 1.96 bits per heavy atom. The summed E-state index contributed by atoms with van der Waals surface area (Å²) in [6.07, 6.45) is 0.949. The van der Waals surface area contributed by atoms with Crippen LogP contribution in [0.15, 0.2) is 35.7 Å². The quantitative estimate of drug-likeness (QED) is 0.734. The van der Waals surface area contributed by atoms with E-state index < -0.39 is 0 Å². The van der Waals surface area contributed by atoms with E-state index in [1.165, 1.54) is 17.0 Å². The van der Waals surface area contributed by atoms with Crippen molar-refractivity contribution in [3.05, 3.63) is 46.4 Å². The van der Waals surface area contributed by atoms with Gasteiger partial charge in [-0.3, -0.25) is 9.69 Å². The standard InChI is InChI=1S/C18H25N5OS/c19-13-17-21-16(14-25-17)18(24)20-7-4-8-22-9-11-23(12-10-22)15-5-2-1-3-6-15/h1-3,5-6,14H,4,7-13,19H2,(H,20,24). The van der Waals surface area contributed by atoms with Crippen LogP contribution in [0.5, 0.6) is 0 Å². The molecular weight excluding hydrogens is 334 g/mol. The maximum atomic E-state index is 12.0. The molecule has 1 amide bonds. The van der Waals surface area contributed by atoms with Gasteiger partial charge in [0.1, 0.15) is 10.7 Å². The first kappa shape index (κ1) is 17.8. The first-order valence-corrected chi connectivity index (χ1v) is 9.59. The number of anilines is 1. The van der Waals surface area contributed by atoms with Crippen molar-refractivity contribution in [2.24, 2.45) is 5.73 Å². The van der Waals surface area contributed by atoms with Crippen molar-refractivity contribution in [3.8, 4) is 0 Å². The van der Waals surface area contributed by atoms with Gasteiger partial charge < -0.3 is 16.0 Å². The van der Waals surface area contributed by atoms with Crippen LogP contribution in [0, 0.1) is 0 Å². The van der Waals surface area contributed by atoms with Crippen LogP contribution in [0.1, 0.15) is 21.9 Å². The van der Waals surface area contributed by atoms with Crippen LogP contribution in [-0.2, 0) is 6.54 Å². The molecular formula is C18H25N5OS. The fourth-order valence-corrected chi connectivity index (χ4v) is 3.63. The summed E-state index contributed by atoms with van der Waals surface area (Å²) < 4.78 is 0. The van der Waals surface area contributed by atoms with Gasteiger partial charge in [0.25, 0.3) is 5.91 Å². The van der Waals surface area contributed by atoms with Crippen LogP contribution in [-0.4, -0.2) is 55.1 Å². The maximum absolute atomic E-state index is 12.0. The van der Waals surface area contributed by atoms with Crippen LogP contribution in [0.3, 0.4) is 0 Å². The van der Waals surface area contributed by atoms with E-state index in [2.05, 4.69) is 50.4 Å². The molecule has 2 aromatic rings. The van der Waals surface area contributed by atoms with Gasteiger partial charge in [-0.25, -0.2) is 4.98 Å². The molecule has 0 unspecified atom stereocenters. The van der Waals surface area contributed by atoms with Crippen LogP contribution >= 0.6 is 11.3 Å². The fraction of sp³-hybridized carbons (Fsp3) is 0.444. The second kappa shape index (κ2) is 8.94. The van der Waals surface area contributed by atoms with Gasteiger partial charge in [-0.15, -0.1) is 11.3 Å². The molecule has 1 aliphatic rings. The minimum Gasteiger partial charge on any atom is -0.369 e. The molecule has 3 rings (SSSR count). The highest BCUT2D eigenvalue weighted by atomic mass is 32.1. The Bertz CT molecular complexity index is 667. The minimum absolute atomic E-state index is 0.107. The first-order chi connectivity index (χ1) is 12.3. The number of carbonyl (C=O) groups excluding carboxylic acids is 1. The van der Waals surface area contributed by atoms with Crippen molar-refractivity contribution in [2.75, 3.05) is 44.2 Å². The number of aromatic nitrogens is 1. The summed E-state index contributed by atoms with van der Waals surface area (Å²) >= 11 is 1.43. The highest BCUT2D eigenvalue weighted by Crippen LogP contribution is 2.15. The minimum atomic E-state index is -0.107. The van der Waals surface area contributed by atoms with Crippen LogP contribution < -0.4 is 16.0 Å². The van der Waals surface area contributed by atoms with E-state index in [0.29, 0.717) is 18.8 Å². The average molecular weight is 359 g/mol. The summed E-state index contributed by atoms with van der Waals surface area (Å²) in [5.74, 6) is -0.107. The Labute approximate surface area is 152 Å². The van der Waals surface area contributed by atoms with Crippen molar-refractivity contribution in [2.45, 2.75) is 13.0 Å². The van der Waals surface area contributed by atoms with Gasteiger partial charge in [0.05, 0.1) is 0 Å². The second-order valence-corrected chi connectivity index (χ2v) is 7.05. The maximum Gasteiger partial charge on any atom is 0.270 e. The summed E-state index contributed by atoms with van der Waals surface area (Å²) in [5.41, 5.74) is 7.30. The SMILES string of the molecule is NCc1nc(C(=O)NCCCN2CCN(c3ccccc3)CC2)cs1. The normalized spacial score (nSPS) is 15.3. The van der Waals surface area contributed by atoms with E-state index in [-0.39, 0.29) is 5.91 Å². The summed E-state index contributed by atoms with van der Waals surface area (Å²) in [5, 5.41) is 5.50. The molecule has 0 bridgehead atoms. The monoisotopic (exact) mass is 359 g/mol. The predicted molar refractivity (Wildman–Crippen MR) is 102 cm³/mol. The van der Waals surface area contributed by atoms with E-state index >= 15 is 0 Å². The van der Waals surface area contributed by atoms with Crippen LogP contribution in [0.2, 0.25) is 0 Å². The molecule has 0 spiro atoms. The van der Waals surface area contributed by atoms with E-state index in [1.807, 2.05) is 0 Å². The molecule has 3 N–H and O–H groups in total. The second-order valence-electron chi connectivity index (χ2n) is 6.10. The molecule has 0 radical (unpaired) electrons. The number of para-hydroxylation sites is 1. The summed E-state index contributed by atoms with van der Waals surface area (Å²) in [7, 11) is 0. The molecule has 2 heterocycles. The van der Waals surface area contributed by atoms with Gasteiger partial charge in [-0.05, 0) is 25.1 Å². The topological polar surface area (TPSA) is 74.5 Å². The number of nitrogens with one attached hydrogen (secondary N) is 1. The van der Waals surface area contributed by atoms with Crippen molar-refractivity contribution in [1.29, 1.82) is 0 Å². The number of piperazine rings is 1. The molecule has 0 saturated carbocycles. The zero-order valence-corrected chi connectivity index (χ0v) is 15.2. The van der Waals surface area contributed by atoms with Crippen LogP contribution in [0.4, 0.5) is 5.69 Å². The molecule has 1 aromatic carbocycles. The van der Waals surface area contributed by atoms with E-state index in [1.54, 1.807) is 5.38 Å². The van der Waals surface area contributed by atoms with E-state index in [0.717, 1.165) is 44.2 Å². The predicted octanol–water partition coefficient (Wildman–Crippen LogP) is 1.54. The molecule has 0 aliphatic carbocycles. The molecule has 1 fully saturated rings. The number of thiazole rings is 1. The average Bonchev–Trinajstić information content (AvgIpc) is 3.16. The largest absolute Gasteiger partial charge is 0.369 e. The van der Waals surface area contributed by atoms with Crippen LogP contribution in [0.25, 0.3) is 0 Å². The Hall–Kier alpha value is -1.96. The summed E-state index contributed by atoms with van der Waals surface area (Å²) in [6.45, 7) is 6.30. The molecule has 7 heteroatoms. The van der Waals surface area contributed by atoms with Gasteiger partial charge in [-0.2, -0.15) is 0 Å². The Kier molecular flexibility index (Phi) is 6.38. The lowest BCUT2D eigenvalue weighted by atomic mass is 10.2. The summed E-state index contributed by atoms with van der Waals surface area (Å²) in [6, 6.07) is 10.6. The zero-order valence-electron chi connectivity index (χ0n) is 14.4. The molecule has 1 aromatic heterocycles. The summed E-state index contributed by atoms with van der Waals surface area (Å²) in [4.78, 5) is 21.1. The Balaban J connectivity index is 1.33. The number of amides is 1.